The lowest BCUT2D eigenvalue weighted by molar-refractivity contribution is -0.148. The van der Waals surface area contributed by atoms with Gasteiger partial charge < -0.3 is 15.6 Å². The van der Waals surface area contributed by atoms with Crippen LogP contribution in [-0.2, 0) is 9.59 Å². The third kappa shape index (κ3) is 5.16. The van der Waals surface area contributed by atoms with Gasteiger partial charge in [-0.15, -0.1) is 0 Å². The first-order valence-electron chi connectivity index (χ1n) is 8.76. The number of nitrogens with two attached hydrogens (primary N) is 1. The van der Waals surface area contributed by atoms with Gasteiger partial charge in [-0.05, 0) is 50.1 Å². The van der Waals surface area contributed by atoms with Gasteiger partial charge in [-0.1, -0.05) is 28.8 Å². The highest BCUT2D eigenvalue weighted by molar-refractivity contribution is 9.10. The van der Waals surface area contributed by atoms with Gasteiger partial charge in [-0.2, -0.15) is 0 Å². The Labute approximate surface area is 162 Å². The van der Waals surface area contributed by atoms with Crippen LogP contribution in [0.3, 0.4) is 0 Å². The molecule has 1 aliphatic rings. The second kappa shape index (κ2) is 9.85. The van der Waals surface area contributed by atoms with Gasteiger partial charge in [0.05, 0.1) is 13.5 Å². The Hall–Kier alpha value is -1.70. The number of hydrogen-bond acceptors (Lipinski definition) is 5. The third-order valence-corrected chi connectivity index (χ3v) is 4.83. The molecule has 0 bridgehead atoms. The van der Waals surface area contributed by atoms with Crippen molar-refractivity contribution in [1.82, 2.24) is 4.90 Å². The van der Waals surface area contributed by atoms with Gasteiger partial charge in [0.1, 0.15) is 12.0 Å². The molecular weight excluding hydrogens is 400 g/mol. The van der Waals surface area contributed by atoms with E-state index in [4.69, 9.17) is 10.5 Å². The number of methoxy groups -OCH3 is 1. The molecule has 2 amide bonds. The molecule has 0 spiro atoms. The van der Waals surface area contributed by atoms with E-state index in [9.17, 15) is 14.7 Å². The zero-order valence-electron chi connectivity index (χ0n) is 14.9. The third-order valence-electron chi connectivity index (χ3n) is 4.34. The summed E-state index contributed by atoms with van der Waals surface area (Å²) in [6.45, 7) is 0.652. The quantitative estimate of drug-likeness (QED) is 0.361. The van der Waals surface area contributed by atoms with E-state index in [1.165, 1.54) is 0 Å². The number of benzene rings is 1. The molecule has 26 heavy (non-hydrogen) atoms. The number of carbonyl (C=O) groups excluding carboxylic acids is 2. The number of carbonyl (C=O) groups is 2. The van der Waals surface area contributed by atoms with Crippen molar-refractivity contribution in [3.63, 3.8) is 0 Å². The predicted molar refractivity (Wildman–Crippen MR) is 103 cm³/mol. The van der Waals surface area contributed by atoms with Gasteiger partial charge in [0.15, 0.2) is 0 Å². The van der Waals surface area contributed by atoms with Crippen molar-refractivity contribution in [2.75, 3.05) is 13.7 Å². The molecule has 0 radical (unpaired) electrons. The van der Waals surface area contributed by atoms with Crippen molar-refractivity contribution >= 4 is 33.8 Å². The van der Waals surface area contributed by atoms with Crippen LogP contribution in [0.1, 0.15) is 44.1 Å². The Morgan fingerprint density at radius 2 is 2.04 bits per heavy atom. The van der Waals surface area contributed by atoms with Gasteiger partial charge >= 0.3 is 0 Å². The molecule has 1 atom stereocenters. The lowest BCUT2D eigenvalue weighted by atomic mass is 10.1. The van der Waals surface area contributed by atoms with Crippen LogP contribution in [-0.4, -0.2) is 41.7 Å². The van der Waals surface area contributed by atoms with Crippen LogP contribution in [0.5, 0.6) is 5.75 Å². The molecule has 1 unspecified atom stereocenters. The molecular formula is C19H25BrN2O4. The number of aliphatic hydroxyl groups is 1. The van der Waals surface area contributed by atoms with E-state index in [1.807, 2.05) is 12.1 Å². The van der Waals surface area contributed by atoms with Crippen molar-refractivity contribution < 1.29 is 19.4 Å². The van der Waals surface area contributed by atoms with E-state index in [0.29, 0.717) is 29.9 Å². The first-order valence-corrected chi connectivity index (χ1v) is 9.56. The van der Waals surface area contributed by atoms with Crippen molar-refractivity contribution in [1.29, 1.82) is 0 Å². The second-order valence-electron chi connectivity index (χ2n) is 6.27. The van der Waals surface area contributed by atoms with Gasteiger partial charge in [0.25, 0.3) is 5.91 Å². The average Bonchev–Trinajstić information content (AvgIpc) is 2.88. The molecule has 7 heteroatoms. The molecule has 6 nitrogen and oxygen atoms in total. The Balaban J connectivity index is 2.07. The maximum Gasteiger partial charge on any atom is 0.259 e. The fourth-order valence-electron chi connectivity index (χ4n) is 2.97. The van der Waals surface area contributed by atoms with E-state index < -0.39 is 12.1 Å². The molecule has 0 aliphatic carbocycles. The molecule has 1 aliphatic heterocycles. The van der Waals surface area contributed by atoms with Crippen LogP contribution in [0.2, 0.25) is 0 Å². The largest absolute Gasteiger partial charge is 0.496 e. The number of hydrogen-bond donors (Lipinski definition) is 2. The molecule has 2 rings (SSSR count). The summed E-state index contributed by atoms with van der Waals surface area (Å²) in [7, 11) is 1.55. The SMILES string of the molecule is COc1ccc(Br)cc1/C=C1\CC(=O)N(C(O)CCCCCCN)C1=O. The van der Waals surface area contributed by atoms with E-state index in [-0.39, 0.29) is 12.3 Å². The van der Waals surface area contributed by atoms with Crippen molar-refractivity contribution in [2.45, 2.75) is 44.8 Å². The molecule has 0 aromatic heterocycles. The summed E-state index contributed by atoms with van der Waals surface area (Å²) in [6.07, 6.45) is 4.53. The second-order valence-corrected chi connectivity index (χ2v) is 7.19. The summed E-state index contributed by atoms with van der Waals surface area (Å²) in [6, 6.07) is 5.44. The summed E-state index contributed by atoms with van der Waals surface area (Å²) in [5, 5.41) is 10.3. The highest BCUT2D eigenvalue weighted by Gasteiger charge is 2.37. The molecule has 0 saturated carbocycles. The van der Waals surface area contributed by atoms with Gasteiger partial charge in [0.2, 0.25) is 5.91 Å². The minimum absolute atomic E-state index is 0.0151. The van der Waals surface area contributed by atoms with Crippen molar-refractivity contribution in [3.8, 4) is 5.75 Å². The number of ether oxygens (including phenoxy) is 1. The van der Waals surface area contributed by atoms with Crippen LogP contribution in [0, 0.1) is 0 Å². The van der Waals surface area contributed by atoms with E-state index in [0.717, 1.165) is 35.1 Å². The molecule has 1 fully saturated rings. The Bertz CT molecular complexity index is 690. The average molecular weight is 425 g/mol. The van der Waals surface area contributed by atoms with Gasteiger partial charge in [-0.25, -0.2) is 0 Å². The molecule has 1 saturated heterocycles. The number of rotatable bonds is 9. The number of unbranched alkanes of at least 4 members (excludes halogenated alkanes) is 3. The van der Waals surface area contributed by atoms with Crippen LogP contribution < -0.4 is 10.5 Å². The molecule has 1 aromatic rings. The molecule has 1 heterocycles. The van der Waals surface area contributed by atoms with Crippen LogP contribution in [0.15, 0.2) is 28.2 Å². The van der Waals surface area contributed by atoms with Gasteiger partial charge in [-0.3, -0.25) is 14.5 Å². The van der Waals surface area contributed by atoms with Crippen molar-refractivity contribution in [3.05, 3.63) is 33.8 Å². The highest BCUT2D eigenvalue weighted by atomic mass is 79.9. The normalized spacial score (nSPS) is 17.2. The lowest BCUT2D eigenvalue weighted by Crippen LogP contribution is -2.39. The fraction of sp³-hybridized carbons (Fsp3) is 0.474. The maximum atomic E-state index is 12.6. The van der Waals surface area contributed by atoms with Crippen LogP contribution in [0.4, 0.5) is 0 Å². The summed E-state index contributed by atoms with van der Waals surface area (Å²) >= 11 is 3.39. The standard InChI is InChI=1S/C19H25BrN2O4/c1-26-16-8-7-15(20)11-13(16)10-14-12-18(24)22(19(14)25)17(23)6-4-2-3-5-9-21/h7-8,10-11,17,23H,2-6,9,12,21H2,1H3/b14-10+. The monoisotopic (exact) mass is 424 g/mol. The minimum Gasteiger partial charge on any atom is -0.496 e. The summed E-state index contributed by atoms with van der Waals surface area (Å²) in [4.78, 5) is 25.8. The fourth-order valence-corrected chi connectivity index (χ4v) is 3.34. The molecule has 142 valence electrons. The van der Waals surface area contributed by atoms with E-state index in [1.54, 1.807) is 19.3 Å². The molecule has 1 aromatic carbocycles. The Morgan fingerprint density at radius 3 is 2.73 bits per heavy atom. The first-order chi connectivity index (χ1) is 12.5. The summed E-state index contributed by atoms with van der Waals surface area (Å²) < 4.78 is 6.14. The number of imide groups is 1. The Morgan fingerprint density at radius 1 is 1.31 bits per heavy atom. The first kappa shape index (κ1) is 20.6. The van der Waals surface area contributed by atoms with Gasteiger partial charge in [0, 0.05) is 15.6 Å². The summed E-state index contributed by atoms with van der Waals surface area (Å²) in [5.41, 5.74) is 6.51. The minimum atomic E-state index is -1.08. The van der Waals surface area contributed by atoms with Crippen molar-refractivity contribution in [2.24, 2.45) is 5.73 Å². The number of aliphatic hydroxyl groups excluding tert-OH is 1. The number of amides is 2. The topological polar surface area (TPSA) is 92.9 Å². The number of nitrogens with zero attached hydrogens (tertiary/aromatic N) is 1. The van der Waals surface area contributed by atoms with E-state index >= 15 is 0 Å². The maximum absolute atomic E-state index is 12.6. The van der Waals surface area contributed by atoms with Crippen LogP contribution in [0.25, 0.3) is 6.08 Å². The Kier molecular flexibility index (Phi) is 7.81. The molecule has 3 N–H and O–H groups in total. The lowest BCUT2D eigenvalue weighted by Gasteiger charge is -2.20. The zero-order chi connectivity index (χ0) is 19.1. The zero-order valence-corrected chi connectivity index (χ0v) is 16.5. The van der Waals surface area contributed by atoms with E-state index in [2.05, 4.69) is 15.9 Å². The van der Waals surface area contributed by atoms with Crippen LogP contribution >= 0.6 is 15.9 Å². The number of likely N-dealkylation sites (tertiary alicyclic amines) is 1. The highest BCUT2D eigenvalue weighted by Crippen LogP contribution is 2.29. The predicted octanol–water partition coefficient (Wildman–Crippen LogP) is 2.83. The smallest absolute Gasteiger partial charge is 0.259 e. The summed E-state index contributed by atoms with van der Waals surface area (Å²) in [5.74, 6) is -0.198. The number of halogens is 1.